The average molecular weight is 280 g/mol. The van der Waals surface area contributed by atoms with Gasteiger partial charge >= 0.3 is 0 Å². The Morgan fingerprint density at radius 2 is 1.71 bits per heavy atom. The van der Waals surface area contributed by atoms with E-state index in [4.69, 9.17) is 5.73 Å². The maximum Gasteiger partial charge on any atom is 0.246 e. The lowest BCUT2D eigenvalue weighted by Crippen LogP contribution is -2.28. The molecule has 0 atom stereocenters. The Morgan fingerprint density at radius 3 is 2.38 bits per heavy atom. The van der Waals surface area contributed by atoms with Crippen molar-refractivity contribution in [3.8, 4) is 0 Å². The van der Waals surface area contributed by atoms with Crippen LogP contribution in [0.4, 0.5) is 5.69 Å². The topological polar surface area (TPSA) is 46.3 Å². The highest BCUT2D eigenvalue weighted by molar-refractivity contribution is 5.87. The third-order valence-electron chi connectivity index (χ3n) is 3.25. The standard InChI is InChI=1S/C18H20N2O/c1-2-8-18(21)20(13-15-9-4-3-5-10-15)14-16-11-6-7-12-17(16)19/h2-12H,13-14,19H2,1H3/b8-2+. The molecule has 0 saturated carbocycles. The number of carbonyl (C=O) groups excluding carboxylic acids is 1. The number of anilines is 1. The fourth-order valence-electron chi connectivity index (χ4n) is 2.15. The van der Waals surface area contributed by atoms with E-state index in [1.54, 1.807) is 17.1 Å². The van der Waals surface area contributed by atoms with E-state index >= 15 is 0 Å². The highest BCUT2D eigenvalue weighted by Gasteiger charge is 2.13. The second-order valence-corrected chi connectivity index (χ2v) is 4.88. The van der Waals surface area contributed by atoms with Gasteiger partial charge in [-0.25, -0.2) is 0 Å². The quantitative estimate of drug-likeness (QED) is 0.674. The second-order valence-electron chi connectivity index (χ2n) is 4.88. The fraction of sp³-hybridized carbons (Fsp3) is 0.167. The molecule has 0 bridgehead atoms. The van der Waals surface area contributed by atoms with Gasteiger partial charge in [-0.05, 0) is 30.2 Å². The highest BCUT2D eigenvalue weighted by atomic mass is 16.2. The van der Waals surface area contributed by atoms with Gasteiger partial charge in [0.1, 0.15) is 0 Å². The molecule has 0 aliphatic heterocycles. The van der Waals surface area contributed by atoms with E-state index in [1.165, 1.54) is 0 Å². The molecule has 0 unspecified atom stereocenters. The largest absolute Gasteiger partial charge is 0.398 e. The minimum atomic E-state index is -0.00962. The van der Waals surface area contributed by atoms with E-state index in [1.807, 2.05) is 61.5 Å². The molecule has 108 valence electrons. The van der Waals surface area contributed by atoms with Crippen LogP contribution in [-0.4, -0.2) is 10.8 Å². The van der Waals surface area contributed by atoms with Gasteiger partial charge in [0.15, 0.2) is 0 Å². The molecule has 3 nitrogen and oxygen atoms in total. The van der Waals surface area contributed by atoms with Gasteiger partial charge in [-0.1, -0.05) is 54.6 Å². The lowest BCUT2D eigenvalue weighted by Gasteiger charge is -2.22. The van der Waals surface area contributed by atoms with E-state index in [2.05, 4.69) is 0 Å². The van der Waals surface area contributed by atoms with Crippen LogP contribution in [0.3, 0.4) is 0 Å². The van der Waals surface area contributed by atoms with Crippen LogP contribution in [0.25, 0.3) is 0 Å². The van der Waals surface area contributed by atoms with E-state index in [0.29, 0.717) is 18.8 Å². The molecule has 2 N–H and O–H groups in total. The normalized spacial score (nSPS) is 10.7. The van der Waals surface area contributed by atoms with Crippen LogP contribution in [0.2, 0.25) is 0 Å². The molecule has 0 aromatic heterocycles. The number of allylic oxidation sites excluding steroid dienone is 1. The van der Waals surface area contributed by atoms with Crippen molar-refractivity contribution in [3.05, 3.63) is 77.9 Å². The third-order valence-corrected chi connectivity index (χ3v) is 3.25. The molecule has 0 aliphatic carbocycles. The number of rotatable bonds is 5. The molecule has 1 amide bonds. The van der Waals surface area contributed by atoms with Crippen molar-refractivity contribution in [1.82, 2.24) is 4.90 Å². The maximum atomic E-state index is 12.3. The summed E-state index contributed by atoms with van der Waals surface area (Å²) in [4.78, 5) is 14.1. The Hall–Kier alpha value is -2.55. The number of hydrogen-bond acceptors (Lipinski definition) is 2. The molecule has 2 aromatic carbocycles. The first-order chi connectivity index (χ1) is 10.2. The van der Waals surface area contributed by atoms with Gasteiger partial charge in [0.25, 0.3) is 0 Å². The summed E-state index contributed by atoms with van der Waals surface area (Å²) in [5.41, 5.74) is 8.76. The fourth-order valence-corrected chi connectivity index (χ4v) is 2.15. The van der Waals surface area contributed by atoms with E-state index in [9.17, 15) is 4.79 Å². The molecule has 0 saturated heterocycles. The summed E-state index contributed by atoms with van der Waals surface area (Å²) >= 11 is 0. The molecular weight excluding hydrogens is 260 g/mol. The molecule has 0 fully saturated rings. The summed E-state index contributed by atoms with van der Waals surface area (Å²) in [5.74, 6) is -0.00962. The van der Waals surface area contributed by atoms with Gasteiger partial charge in [-0.2, -0.15) is 0 Å². The van der Waals surface area contributed by atoms with Crippen molar-refractivity contribution >= 4 is 11.6 Å². The number of carbonyl (C=O) groups is 1. The van der Waals surface area contributed by atoms with E-state index in [0.717, 1.165) is 11.1 Å². The van der Waals surface area contributed by atoms with Crippen molar-refractivity contribution in [2.75, 3.05) is 5.73 Å². The van der Waals surface area contributed by atoms with Crippen LogP contribution in [0.5, 0.6) is 0 Å². The summed E-state index contributed by atoms with van der Waals surface area (Å²) in [7, 11) is 0. The Labute approximate surface area is 125 Å². The average Bonchev–Trinajstić information content (AvgIpc) is 2.50. The van der Waals surface area contributed by atoms with Crippen molar-refractivity contribution in [3.63, 3.8) is 0 Å². The van der Waals surface area contributed by atoms with Crippen LogP contribution >= 0.6 is 0 Å². The Kier molecular flexibility index (Phi) is 5.16. The zero-order chi connectivity index (χ0) is 15.1. The number of nitrogens with two attached hydrogens (primary N) is 1. The van der Waals surface area contributed by atoms with E-state index in [-0.39, 0.29) is 5.91 Å². The zero-order valence-corrected chi connectivity index (χ0v) is 12.2. The Bertz CT molecular complexity index is 620. The number of benzene rings is 2. The maximum absolute atomic E-state index is 12.3. The lowest BCUT2D eigenvalue weighted by molar-refractivity contribution is -0.127. The lowest BCUT2D eigenvalue weighted by atomic mass is 10.1. The van der Waals surface area contributed by atoms with Crippen LogP contribution in [0, 0.1) is 0 Å². The second kappa shape index (κ2) is 7.29. The highest BCUT2D eigenvalue weighted by Crippen LogP contribution is 2.16. The van der Waals surface area contributed by atoms with Crippen molar-refractivity contribution in [1.29, 1.82) is 0 Å². The Morgan fingerprint density at radius 1 is 1.05 bits per heavy atom. The Balaban J connectivity index is 2.20. The smallest absolute Gasteiger partial charge is 0.246 e. The van der Waals surface area contributed by atoms with Gasteiger partial charge in [0.2, 0.25) is 5.91 Å². The van der Waals surface area contributed by atoms with Gasteiger partial charge in [-0.15, -0.1) is 0 Å². The summed E-state index contributed by atoms with van der Waals surface area (Å²) in [6.45, 7) is 2.92. The van der Waals surface area contributed by atoms with Crippen LogP contribution in [0.1, 0.15) is 18.1 Å². The predicted octanol–water partition coefficient (Wildman–Crippen LogP) is 3.37. The summed E-state index contributed by atoms with van der Waals surface area (Å²) in [6.07, 6.45) is 3.34. The van der Waals surface area contributed by atoms with Gasteiger partial charge < -0.3 is 10.6 Å². The van der Waals surface area contributed by atoms with Gasteiger partial charge in [0.05, 0.1) is 0 Å². The number of para-hydroxylation sites is 1. The molecular formula is C18H20N2O. The minimum absolute atomic E-state index is 0.00962. The number of nitrogens with zero attached hydrogens (tertiary/aromatic N) is 1. The molecule has 0 radical (unpaired) electrons. The number of amides is 1. The molecule has 0 spiro atoms. The molecule has 21 heavy (non-hydrogen) atoms. The molecule has 0 heterocycles. The summed E-state index contributed by atoms with van der Waals surface area (Å²) in [6, 6.07) is 17.6. The van der Waals surface area contributed by atoms with Crippen molar-refractivity contribution in [2.45, 2.75) is 20.0 Å². The van der Waals surface area contributed by atoms with Crippen LogP contribution < -0.4 is 5.73 Å². The zero-order valence-electron chi connectivity index (χ0n) is 12.2. The van der Waals surface area contributed by atoms with Crippen LogP contribution in [0.15, 0.2) is 66.7 Å². The number of nitrogen functional groups attached to an aromatic ring is 1. The summed E-state index contributed by atoms with van der Waals surface area (Å²) in [5, 5.41) is 0. The number of hydrogen-bond donors (Lipinski definition) is 1. The predicted molar refractivity (Wildman–Crippen MR) is 86.4 cm³/mol. The van der Waals surface area contributed by atoms with Crippen LogP contribution in [-0.2, 0) is 17.9 Å². The summed E-state index contributed by atoms with van der Waals surface area (Å²) < 4.78 is 0. The van der Waals surface area contributed by atoms with E-state index < -0.39 is 0 Å². The molecule has 2 rings (SSSR count). The first-order valence-corrected chi connectivity index (χ1v) is 6.99. The monoisotopic (exact) mass is 280 g/mol. The minimum Gasteiger partial charge on any atom is -0.398 e. The first-order valence-electron chi connectivity index (χ1n) is 6.99. The van der Waals surface area contributed by atoms with Crippen molar-refractivity contribution < 1.29 is 4.79 Å². The first kappa shape index (κ1) is 14.9. The van der Waals surface area contributed by atoms with Crippen molar-refractivity contribution in [2.24, 2.45) is 0 Å². The molecule has 3 heteroatoms. The van der Waals surface area contributed by atoms with Gasteiger partial charge in [0, 0.05) is 18.8 Å². The SMILES string of the molecule is C/C=C/C(=O)N(Cc1ccccc1)Cc1ccccc1N. The molecule has 0 aliphatic rings. The molecule has 2 aromatic rings. The van der Waals surface area contributed by atoms with Gasteiger partial charge in [-0.3, -0.25) is 4.79 Å². The third kappa shape index (κ3) is 4.21.